The molecule has 0 saturated heterocycles. The van der Waals surface area contributed by atoms with E-state index in [2.05, 4.69) is 48.6 Å². The van der Waals surface area contributed by atoms with E-state index in [-0.39, 0.29) is 0 Å². The lowest BCUT2D eigenvalue weighted by Gasteiger charge is -2.06. The molecule has 2 rings (SSSR count). The first-order valence-corrected chi connectivity index (χ1v) is 7.75. The van der Waals surface area contributed by atoms with Gasteiger partial charge in [-0.15, -0.1) is 0 Å². The summed E-state index contributed by atoms with van der Waals surface area (Å²) in [5.74, 6) is 0.899. The largest absolute Gasteiger partial charge is 0.497 e. The summed E-state index contributed by atoms with van der Waals surface area (Å²) in [6.07, 6.45) is 1.17. The van der Waals surface area contributed by atoms with Gasteiger partial charge in [-0.25, -0.2) is 0 Å². The van der Waals surface area contributed by atoms with E-state index in [9.17, 15) is 0 Å². The zero-order valence-corrected chi connectivity index (χ0v) is 12.9. The van der Waals surface area contributed by atoms with Crippen molar-refractivity contribution in [3.05, 3.63) is 54.1 Å². The molecule has 0 fully saturated rings. The summed E-state index contributed by atoms with van der Waals surface area (Å²) in [6.45, 7) is 4.19. The van der Waals surface area contributed by atoms with Gasteiger partial charge in [0.2, 0.25) is 0 Å². The number of benzene rings is 2. The molecule has 106 valence electrons. The Kier molecular flexibility index (Phi) is 5.96. The highest BCUT2D eigenvalue weighted by Gasteiger charge is 2.00. The molecule has 0 atom stereocenters. The topological polar surface area (TPSA) is 21.3 Å². The summed E-state index contributed by atoms with van der Waals surface area (Å²) >= 11 is 1.75. The Morgan fingerprint density at radius 3 is 2.55 bits per heavy atom. The van der Waals surface area contributed by atoms with Crippen LogP contribution in [0.1, 0.15) is 18.9 Å². The van der Waals surface area contributed by atoms with Crippen LogP contribution >= 0.6 is 11.8 Å². The third-order valence-corrected chi connectivity index (χ3v) is 3.95. The molecular formula is C17H21NOS. The molecule has 2 nitrogen and oxygen atoms in total. The highest BCUT2D eigenvalue weighted by molar-refractivity contribution is 7.99. The van der Waals surface area contributed by atoms with E-state index in [1.807, 2.05) is 12.1 Å². The van der Waals surface area contributed by atoms with Crippen LogP contribution in [0.15, 0.2) is 58.3 Å². The molecule has 0 amide bonds. The van der Waals surface area contributed by atoms with Crippen molar-refractivity contribution in [1.82, 2.24) is 5.32 Å². The van der Waals surface area contributed by atoms with Gasteiger partial charge < -0.3 is 10.1 Å². The van der Waals surface area contributed by atoms with E-state index in [1.165, 1.54) is 21.8 Å². The molecule has 0 aromatic heterocycles. The predicted molar refractivity (Wildman–Crippen MR) is 85.6 cm³/mol. The summed E-state index contributed by atoms with van der Waals surface area (Å²) in [6, 6.07) is 16.9. The van der Waals surface area contributed by atoms with Gasteiger partial charge in [0.25, 0.3) is 0 Å². The monoisotopic (exact) mass is 287 g/mol. The average molecular weight is 287 g/mol. The van der Waals surface area contributed by atoms with Gasteiger partial charge in [-0.2, -0.15) is 0 Å². The Balaban J connectivity index is 1.95. The van der Waals surface area contributed by atoms with Crippen molar-refractivity contribution in [3.63, 3.8) is 0 Å². The first-order chi connectivity index (χ1) is 9.81. The Morgan fingerprint density at radius 1 is 1.05 bits per heavy atom. The normalized spacial score (nSPS) is 10.5. The predicted octanol–water partition coefficient (Wildman–Crippen LogP) is 4.35. The Hall–Kier alpha value is -1.45. The number of nitrogens with one attached hydrogen (secondary N) is 1. The summed E-state index contributed by atoms with van der Waals surface area (Å²) in [4.78, 5) is 2.44. The van der Waals surface area contributed by atoms with Crippen LogP contribution in [0, 0.1) is 0 Å². The molecule has 1 N–H and O–H groups in total. The van der Waals surface area contributed by atoms with Gasteiger partial charge in [-0.05, 0) is 48.9 Å². The maximum absolute atomic E-state index is 5.24. The smallest absolute Gasteiger partial charge is 0.119 e. The second-order valence-corrected chi connectivity index (χ2v) is 5.75. The van der Waals surface area contributed by atoms with Crippen LogP contribution in [-0.4, -0.2) is 13.7 Å². The van der Waals surface area contributed by atoms with Crippen molar-refractivity contribution in [2.45, 2.75) is 29.7 Å². The highest BCUT2D eigenvalue weighted by Crippen LogP contribution is 2.30. The van der Waals surface area contributed by atoms with Gasteiger partial charge in [0.15, 0.2) is 0 Å². The number of ether oxygens (including phenoxy) is 1. The average Bonchev–Trinajstić information content (AvgIpc) is 2.49. The lowest BCUT2D eigenvalue weighted by atomic mass is 10.2. The zero-order valence-electron chi connectivity index (χ0n) is 12.1. The van der Waals surface area contributed by atoms with E-state index in [0.717, 1.165) is 18.8 Å². The van der Waals surface area contributed by atoms with Crippen molar-refractivity contribution < 1.29 is 4.74 Å². The Morgan fingerprint density at radius 2 is 1.85 bits per heavy atom. The fourth-order valence-electron chi connectivity index (χ4n) is 1.89. The molecule has 0 radical (unpaired) electrons. The second kappa shape index (κ2) is 7.98. The fourth-order valence-corrected chi connectivity index (χ4v) is 2.75. The Labute approximate surface area is 125 Å². The van der Waals surface area contributed by atoms with E-state index >= 15 is 0 Å². The van der Waals surface area contributed by atoms with Crippen molar-refractivity contribution in [3.8, 4) is 5.75 Å². The summed E-state index contributed by atoms with van der Waals surface area (Å²) in [7, 11) is 1.70. The number of rotatable bonds is 7. The van der Waals surface area contributed by atoms with Crippen LogP contribution in [0.5, 0.6) is 5.75 Å². The molecule has 3 heteroatoms. The molecule has 0 aliphatic rings. The minimum atomic E-state index is 0.899. The van der Waals surface area contributed by atoms with Crippen LogP contribution in [-0.2, 0) is 6.54 Å². The third kappa shape index (κ3) is 4.58. The van der Waals surface area contributed by atoms with Gasteiger partial charge in [-0.1, -0.05) is 36.9 Å². The molecule has 0 heterocycles. The van der Waals surface area contributed by atoms with E-state index in [4.69, 9.17) is 4.74 Å². The lowest BCUT2D eigenvalue weighted by Crippen LogP contribution is -2.13. The maximum atomic E-state index is 5.24. The van der Waals surface area contributed by atoms with E-state index < -0.39 is 0 Å². The second-order valence-electron chi connectivity index (χ2n) is 4.60. The minimum absolute atomic E-state index is 0.899. The standard InChI is InChI=1S/C17H21NOS/c1-3-11-18-13-14-7-9-16(10-8-14)20-17-6-4-5-15(12-17)19-2/h4-10,12,18H,3,11,13H2,1-2H3. The molecule has 0 aliphatic carbocycles. The highest BCUT2D eigenvalue weighted by atomic mass is 32.2. The minimum Gasteiger partial charge on any atom is -0.497 e. The SMILES string of the molecule is CCCNCc1ccc(Sc2cccc(OC)c2)cc1. The van der Waals surface area contributed by atoms with E-state index in [0.29, 0.717) is 0 Å². The molecule has 2 aromatic rings. The molecule has 20 heavy (non-hydrogen) atoms. The third-order valence-electron chi connectivity index (χ3n) is 2.96. The molecule has 0 saturated carbocycles. The summed E-state index contributed by atoms with van der Waals surface area (Å²) < 4.78 is 5.24. The first kappa shape index (κ1) is 14.9. The van der Waals surface area contributed by atoms with Gasteiger partial charge in [0, 0.05) is 16.3 Å². The molecular weight excluding hydrogens is 266 g/mol. The fraction of sp³-hybridized carbons (Fsp3) is 0.294. The van der Waals surface area contributed by atoms with E-state index in [1.54, 1.807) is 18.9 Å². The van der Waals surface area contributed by atoms with Crippen molar-refractivity contribution in [1.29, 1.82) is 0 Å². The van der Waals surface area contributed by atoms with Crippen LogP contribution in [0.3, 0.4) is 0 Å². The lowest BCUT2D eigenvalue weighted by molar-refractivity contribution is 0.413. The Bertz CT molecular complexity index is 525. The van der Waals surface area contributed by atoms with Crippen LogP contribution in [0.25, 0.3) is 0 Å². The van der Waals surface area contributed by atoms with Crippen LogP contribution in [0.4, 0.5) is 0 Å². The number of hydrogen-bond donors (Lipinski definition) is 1. The molecule has 0 unspecified atom stereocenters. The molecule has 0 bridgehead atoms. The van der Waals surface area contributed by atoms with Crippen molar-refractivity contribution >= 4 is 11.8 Å². The quantitative estimate of drug-likeness (QED) is 0.765. The van der Waals surface area contributed by atoms with Crippen molar-refractivity contribution in [2.75, 3.05) is 13.7 Å². The zero-order chi connectivity index (χ0) is 14.2. The summed E-state index contributed by atoms with van der Waals surface area (Å²) in [5.41, 5.74) is 1.33. The maximum Gasteiger partial charge on any atom is 0.119 e. The van der Waals surface area contributed by atoms with Crippen LogP contribution in [0.2, 0.25) is 0 Å². The first-order valence-electron chi connectivity index (χ1n) is 6.93. The van der Waals surface area contributed by atoms with Crippen molar-refractivity contribution in [2.24, 2.45) is 0 Å². The summed E-state index contributed by atoms with van der Waals surface area (Å²) in [5, 5.41) is 3.41. The van der Waals surface area contributed by atoms with Gasteiger partial charge in [0.1, 0.15) is 5.75 Å². The van der Waals surface area contributed by atoms with Gasteiger partial charge >= 0.3 is 0 Å². The molecule has 0 spiro atoms. The van der Waals surface area contributed by atoms with Crippen LogP contribution < -0.4 is 10.1 Å². The molecule has 0 aliphatic heterocycles. The number of hydrogen-bond acceptors (Lipinski definition) is 3. The van der Waals surface area contributed by atoms with Gasteiger partial charge in [0.05, 0.1) is 7.11 Å². The molecule has 2 aromatic carbocycles. The van der Waals surface area contributed by atoms with Gasteiger partial charge in [-0.3, -0.25) is 0 Å². The number of methoxy groups -OCH3 is 1.